The first kappa shape index (κ1) is 16.7. The third-order valence-corrected chi connectivity index (χ3v) is 3.76. The van der Waals surface area contributed by atoms with Crippen LogP contribution in [0.5, 0.6) is 5.75 Å². The molecule has 0 bridgehead atoms. The van der Waals surface area contributed by atoms with Crippen LogP contribution in [-0.4, -0.2) is 18.0 Å². The Morgan fingerprint density at radius 3 is 2.76 bits per heavy atom. The lowest BCUT2D eigenvalue weighted by Gasteiger charge is -2.13. The second kappa shape index (κ2) is 7.17. The quantitative estimate of drug-likeness (QED) is 0.739. The highest BCUT2D eigenvalue weighted by atomic mass is 19.1. The number of pyridine rings is 1. The maximum atomic E-state index is 13.3. The molecule has 1 aromatic heterocycles. The minimum absolute atomic E-state index is 0.162. The van der Waals surface area contributed by atoms with Gasteiger partial charge in [0, 0.05) is 36.8 Å². The van der Waals surface area contributed by atoms with Crippen molar-refractivity contribution in [2.24, 2.45) is 0 Å². The van der Waals surface area contributed by atoms with Crippen molar-refractivity contribution in [1.82, 2.24) is 4.98 Å². The Morgan fingerprint density at radius 1 is 1.16 bits per heavy atom. The summed E-state index contributed by atoms with van der Waals surface area (Å²) in [7, 11) is 1.56. The molecule has 2 aromatic carbocycles. The van der Waals surface area contributed by atoms with E-state index < -0.39 is 0 Å². The molecule has 0 unspecified atom stereocenters. The van der Waals surface area contributed by atoms with Gasteiger partial charge in [0.15, 0.2) is 0 Å². The smallest absolute Gasteiger partial charge is 0.221 e. The maximum absolute atomic E-state index is 13.3. The number of anilines is 2. The summed E-state index contributed by atoms with van der Waals surface area (Å²) in [5.74, 6) is 0.126. The molecular weight excluding hydrogens is 321 g/mol. The lowest BCUT2D eigenvalue weighted by Crippen LogP contribution is -2.08. The number of amides is 1. The largest absolute Gasteiger partial charge is 0.495 e. The van der Waals surface area contributed by atoms with E-state index in [9.17, 15) is 9.18 Å². The fourth-order valence-electron chi connectivity index (χ4n) is 2.63. The van der Waals surface area contributed by atoms with E-state index in [-0.39, 0.29) is 11.7 Å². The summed E-state index contributed by atoms with van der Waals surface area (Å²) in [6.45, 7) is 1.99. The molecule has 3 aromatic rings. The van der Waals surface area contributed by atoms with Gasteiger partial charge in [0.1, 0.15) is 11.6 Å². The van der Waals surface area contributed by atoms with Crippen LogP contribution in [0.4, 0.5) is 15.8 Å². The highest BCUT2D eigenvalue weighted by molar-refractivity contribution is 5.91. The van der Waals surface area contributed by atoms with E-state index in [2.05, 4.69) is 15.6 Å². The molecule has 1 heterocycles. The number of methoxy groups -OCH3 is 1. The summed E-state index contributed by atoms with van der Waals surface area (Å²) in [6, 6.07) is 12.0. The van der Waals surface area contributed by atoms with Crippen LogP contribution in [0, 0.1) is 5.82 Å². The molecule has 5 nitrogen and oxygen atoms in total. The van der Waals surface area contributed by atoms with Gasteiger partial charge in [0.2, 0.25) is 5.91 Å². The zero-order valence-electron chi connectivity index (χ0n) is 14.0. The summed E-state index contributed by atoms with van der Waals surface area (Å²) in [4.78, 5) is 15.5. The molecule has 0 saturated carbocycles. The molecule has 0 saturated heterocycles. The molecule has 1 amide bonds. The lowest BCUT2D eigenvalue weighted by molar-refractivity contribution is -0.114. The molecule has 128 valence electrons. The molecule has 0 aliphatic carbocycles. The number of hydrogen-bond donors (Lipinski definition) is 2. The van der Waals surface area contributed by atoms with E-state index in [0.29, 0.717) is 23.5 Å². The van der Waals surface area contributed by atoms with Crippen LogP contribution in [0.25, 0.3) is 10.9 Å². The van der Waals surface area contributed by atoms with Crippen LogP contribution < -0.4 is 15.4 Å². The molecule has 25 heavy (non-hydrogen) atoms. The molecule has 6 heteroatoms. The number of ether oxygens (including phenoxy) is 1. The Balaban J connectivity index is 1.83. The van der Waals surface area contributed by atoms with Gasteiger partial charge >= 0.3 is 0 Å². The van der Waals surface area contributed by atoms with Crippen LogP contribution in [0.2, 0.25) is 0 Å². The molecule has 0 radical (unpaired) electrons. The predicted molar refractivity (Wildman–Crippen MR) is 96.3 cm³/mol. The highest BCUT2D eigenvalue weighted by Crippen LogP contribution is 2.27. The number of aromatic nitrogens is 1. The normalized spacial score (nSPS) is 10.5. The van der Waals surface area contributed by atoms with Crippen molar-refractivity contribution in [2.75, 3.05) is 17.7 Å². The predicted octanol–water partition coefficient (Wildman–Crippen LogP) is 3.95. The van der Waals surface area contributed by atoms with Gasteiger partial charge in [0.05, 0.1) is 18.3 Å². The van der Waals surface area contributed by atoms with Crippen molar-refractivity contribution in [2.45, 2.75) is 13.5 Å². The minimum atomic E-state index is -0.313. The Kier molecular flexibility index (Phi) is 4.79. The number of benzene rings is 2. The van der Waals surface area contributed by atoms with Crippen LogP contribution in [-0.2, 0) is 11.3 Å². The third-order valence-electron chi connectivity index (χ3n) is 3.76. The second-order valence-electron chi connectivity index (χ2n) is 5.59. The Labute approximate surface area is 144 Å². The molecule has 0 spiro atoms. The van der Waals surface area contributed by atoms with E-state index in [1.165, 1.54) is 19.1 Å². The summed E-state index contributed by atoms with van der Waals surface area (Å²) in [6.07, 6.45) is 1.64. The molecule has 2 N–H and O–H groups in total. The van der Waals surface area contributed by atoms with Gasteiger partial charge in [-0.1, -0.05) is 6.07 Å². The van der Waals surface area contributed by atoms with Crippen molar-refractivity contribution >= 4 is 28.2 Å². The van der Waals surface area contributed by atoms with E-state index in [1.54, 1.807) is 19.4 Å². The van der Waals surface area contributed by atoms with Gasteiger partial charge in [-0.05, 0) is 35.9 Å². The number of nitrogens with one attached hydrogen (secondary N) is 2. The number of carbonyl (C=O) groups excluding carboxylic acids is 1. The van der Waals surface area contributed by atoms with Gasteiger partial charge in [-0.15, -0.1) is 0 Å². The van der Waals surface area contributed by atoms with E-state index in [0.717, 1.165) is 16.6 Å². The van der Waals surface area contributed by atoms with Crippen molar-refractivity contribution < 1.29 is 13.9 Å². The SMILES string of the molecule is COc1ccc(CNc2ccnc3cc(F)ccc23)cc1NC(C)=O. The van der Waals surface area contributed by atoms with Crippen molar-refractivity contribution in [1.29, 1.82) is 0 Å². The number of fused-ring (bicyclic) bond motifs is 1. The summed E-state index contributed by atoms with van der Waals surface area (Å²) < 4.78 is 18.6. The molecule has 0 aliphatic heterocycles. The standard InChI is InChI=1S/C19H18FN3O2/c1-12(24)23-18-9-13(3-6-19(18)25-2)11-22-16-7-8-21-17-10-14(20)4-5-15(16)17/h3-10H,11H2,1-2H3,(H,21,22)(H,23,24). The number of rotatable bonds is 5. The second-order valence-corrected chi connectivity index (χ2v) is 5.59. The van der Waals surface area contributed by atoms with Crippen molar-refractivity contribution in [3.05, 3.63) is 60.0 Å². The lowest BCUT2D eigenvalue weighted by atomic mass is 10.1. The number of halogens is 1. The number of nitrogens with zero attached hydrogens (tertiary/aromatic N) is 1. The Bertz CT molecular complexity index is 928. The highest BCUT2D eigenvalue weighted by Gasteiger charge is 2.07. The van der Waals surface area contributed by atoms with E-state index in [1.807, 2.05) is 24.3 Å². The van der Waals surface area contributed by atoms with E-state index in [4.69, 9.17) is 4.74 Å². The van der Waals surface area contributed by atoms with Crippen LogP contribution in [0.3, 0.4) is 0 Å². The van der Waals surface area contributed by atoms with Crippen molar-refractivity contribution in [3.63, 3.8) is 0 Å². The van der Waals surface area contributed by atoms with Gasteiger partial charge in [-0.25, -0.2) is 4.39 Å². The summed E-state index contributed by atoms with van der Waals surface area (Å²) in [5.41, 5.74) is 3.05. The molecule has 0 aliphatic rings. The monoisotopic (exact) mass is 339 g/mol. The molecule has 3 rings (SSSR count). The minimum Gasteiger partial charge on any atom is -0.495 e. The van der Waals surface area contributed by atoms with Crippen LogP contribution in [0.1, 0.15) is 12.5 Å². The number of carbonyl (C=O) groups is 1. The van der Waals surface area contributed by atoms with Gasteiger partial charge in [-0.2, -0.15) is 0 Å². The summed E-state index contributed by atoms with van der Waals surface area (Å²) in [5, 5.41) is 6.93. The van der Waals surface area contributed by atoms with Crippen LogP contribution in [0.15, 0.2) is 48.7 Å². The zero-order chi connectivity index (χ0) is 17.8. The first-order chi connectivity index (χ1) is 12.1. The average Bonchev–Trinajstić information content (AvgIpc) is 2.59. The number of hydrogen-bond acceptors (Lipinski definition) is 4. The van der Waals surface area contributed by atoms with Gasteiger partial charge < -0.3 is 15.4 Å². The Morgan fingerprint density at radius 2 is 2.00 bits per heavy atom. The third kappa shape index (κ3) is 3.85. The molecular formula is C19H18FN3O2. The fraction of sp³-hybridized carbons (Fsp3) is 0.158. The average molecular weight is 339 g/mol. The van der Waals surface area contributed by atoms with Gasteiger partial charge in [-0.3, -0.25) is 9.78 Å². The summed E-state index contributed by atoms with van der Waals surface area (Å²) >= 11 is 0. The first-order valence-corrected chi connectivity index (χ1v) is 7.79. The fourth-order valence-corrected chi connectivity index (χ4v) is 2.63. The molecule has 0 fully saturated rings. The van der Waals surface area contributed by atoms with Crippen molar-refractivity contribution in [3.8, 4) is 5.75 Å². The zero-order valence-corrected chi connectivity index (χ0v) is 14.0. The maximum Gasteiger partial charge on any atom is 0.221 e. The van der Waals surface area contributed by atoms with Crippen LogP contribution >= 0.6 is 0 Å². The first-order valence-electron chi connectivity index (χ1n) is 7.79. The Hall–Kier alpha value is -3.15. The topological polar surface area (TPSA) is 63.2 Å². The van der Waals surface area contributed by atoms with E-state index >= 15 is 0 Å². The molecule has 0 atom stereocenters. The van der Waals surface area contributed by atoms with Gasteiger partial charge in [0.25, 0.3) is 0 Å².